The van der Waals surface area contributed by atoms with Crippen molar-refractivity contribution in [2.75, 3.05) is 19.8 Å². The molecule has 13 heteroatoms. The molecule has 5 aliphatic carbocycles. The van der Waals surface area contributed by atoms with E-state index in [-0.39, 0.29) is 46.7 Å². The Morgan fingerprint density at radius 3 is 2.09 bits per heavy atom. The van der Waals surface area contributed by atoms with Crippen LogP contribution in [0.2, 0.25) is 0 Å². The van der Waals surface area contributed by atoms with Crippen molar-refractivity contribution in [1.29, 1.82) is 0 Å². The zero-order valence-corrected chi connectivity index (χ0v) is 33.7. The second-order valence-corrected chi connectivity index (χ2v) is 20.3. The van der Waals surface area contributed by atoms with Crippen molar-refractivity contribution in [3.05, 3.63) is 23.3 Å². The van der Waals surface area contributed by atoms with E-state index < -0.39 is 91.1 Å². The highest BCUT2D eigenvalue weighted by Crippen LogP contribution is 2.74. The van der Waals surface area contributed by atoms with E-state index in [0.29, 0.717) is 12.8 Å². The Kier molecular flexibility index (Phi) is 11.0. The Morgan fingerprint density at radius 1 is 0.745 bits per heavy atom. The maximum atomic E-state index is 12.0. The average Bonchev–Trinajstić information content (AvgIpc) is 3.13. The fraction of sp³-hybridized carbons (Fsp3) is 0.905. The quantitative estimate of drug-likeness (QED) is 0.168. The van der Waals surface area contributed by atoms with Crippen molar-refractivity contribution in [1.82, 2.24) is 0 Å². The van der Waals surface area contributed by atoms with Gasteiger partial charge in [0, 0.05) is 16.2 Å². The van der Waals surface area contributed by atoms with Gasteiger partial charge in [0.1, 0.15) is 42.7 Å². The molecule has 2 heterocycles. The minimum atomic E-state index is -1.68. The predicted octanol–water partition coefficient (Wildman–Crippen LogP) is 1.68. The first-order valence-corrected chi connectivity index (χ1v) is 20.6. The van der Waals surface area contributed by atoms with E-state index in [1.165, 1.54) is 18.1 Å². The number of aliphatic hydroxyl groups excluding tert-OH is 9. The zero-order chi connectivity index (χ0) is 40.3. The lowest BCUT2D eigenvalue weighted by Crippen LogP contribution is -2.67. The van der Waals surface area contributed by atoms with Crippen LogP contribution in [-0.4, -0.2) is 139 Å². The van der Waals surface area contributed by atoms with Crippen LogP contribution in [0.15, 0.2) is 23.3 Å². The largest absolute Gasteiger partial charge is 0.396 e. The lowest BCUT2D eigenvalue weighted by atomic mass is 9.35. The Bertz CT molecular complexity index is 1500. The molecule has 7 rings (SSSR count). The fourth-order valence-electron chi connectivity index (χ4n) is 13.0. The normalized spacial score (nSPS) is 54.9. The van der Waals surface area contributed by atoms with Gasteiger partial charge in [-0.2, -0.15) is 0 Å². The summed E-state index contributed by atoms with van der Waals surface area (Å²) < 4.78 is 24.0. The number of hydrogen-bond acceptors (Lipinski definition) is 13. The molecule has 2 aliphatic heterocycles. The van der Waals surface area contributed by atoms with Crippen molar-refractivity contribution in [2.45, 2.75) is 173 Å². The predicted molar refractivity (Wildman–Crippen MR) is 199 cm³/mol. The number of allylic oxidation sites excluding steroid dienone is 3. The Hall–Kier alpha value is -1.04. The highest BCUT2D eigenvalue weighted by Gasteiger charge is 2.69. The maximum Gasteiger partial charge on any atom is 0.187 e. The minimum Gasteiger partial charge on any atom is -0.396 e. The van der Waals surface area contributed by atoms with Crippen LogP contribution in [-0.2, 0) is 18.9 Å². The van der Waals surface area contributed by atoms with E-state index >= 15 is 0 Å². The first-order chi connectivity index (χ1) is 25.7. The van der Waals surface area contributed by atoms with Crippen molar-refractivity contribution < 1.29 is 64.9 Å². The molecule has 5 fully saturated rings. The molecule has 3 saturated carbocycles. The van der Waals surface area contributed by atoms with Gasteiger partial charge in [-0.05, 0) is 91.9 Å². The van der Waals surface area contributed by atoms with Gasteiger partial charge in [0.2, 0.25) is 0 Å². The van der Waals surface area contributed by atoms with Gasteiger partial charge in [-0.3, -0.25) is 0 Å². The van der Waals surface area contributed by atoms with Gasteiger partial charge in [-0.1, -0.05) is 59.3 Å². The Balaban J connectivity index is 1.16. The fourth-order valence-corrected chi connectivity index (χ4v) is 13.0. The number of hydrogen-bond donors (Lipinski definition) is 9. The summed E-state index contributed by atoms with van der Waals surface area (Å²) in [5, 5.41) is 98.1. The summed E-state index contributed by atoms with van der Waals surface area (Å²) >= 11 is 0. The van der Waals surface area contributed by atoms with Gasteiger partial charge < -0.3 is 64.9 Å². The van der Waals surface area contributed by atoms with E-state index in [9.17, 15) is 46.0 Å². The van der Waals surface area contributed by atoms with E-state index in [2.05, 4.69) is 46.8 Å². The van der Waals surface area contributed by atoms with Crippen LogP contribution in [0, 0.1) is 44.3 Å². The van der Waals surface area contributed by atoms with Crippen LogP contribution in [0.5, 0.6) is 0 Å². The third kappa shape index (κ3) is 6.12. The molecule has 7 aliphatic rings. The summed E-state index contributed by atoms with van der Waals surface area (Å²) in [7, 11) is 0. The topological polar surface area (TPSA) is 219 Å². The molecule has 19 atom stereocenters. The molecule has 0 amide bonds. The second-order valence-electron chi connectivity index (χ2n) is 20.3. The smallest absolute Gasteiger partial charge is 0.187 e. The molecule has 9 N–H and O–H groups in total. The molecule has 0 spiro atoms. The van der Waals surface area contributed by atoms with Gasteiger partial charge >= 0.3 is 0 Å². The summed E-state index contributed by atoms with van der Waals surface area (Å²) in [6.45, 7) is 14.2. The Morgan fingerprint density at radius 2 is 1.44 bits per heavy atom. The monoisotopic (exact) mass is 780 g/mol. The van der Waals surface area contributed by atoms with Gasteiger partial charge in [-0.25, -0.2) is 0 Å². The van der Waals surface area contributed by atoms with Crippen LogP contribution in [0.3, 0.4) is 0 Å². The average molecular weight is 781 g/mol. The van der Waals surface area contributed by atoms with E-state index in [0.717, 1.165) is 38.5 Å². The minimum absolute atomic E-state index is 0.00450. The van der Waals surface area contributed by atoms with E-state index in [4.69, 9.17) is 18.9 Å². The van der Waals surface area contributed by atoms with E-state index in [1.54, 1.807) is 0 Å². The molecule has 0 aromatic heterocycles. The standard InChI is InChI=1S/C42H68O13/c1-21-29(47)31(49)32(50)35(52-21)55-34-30(48)24(18-43)53-36(33(34)51)54-28-11-12-38(4)25(39(28,5)19-44)10-13-40(6)26(38)9-8-22-23-16-37(2,3)14-15-42(23,20-45)27(46)17-41(22,40)7/h8-9,21,24-36,43-51H,10-20H2,1-7H3/t21-,24-,25-,26-,27-,28+,29-,30+,31+,32-,33-,34+,35+,36+,38+,39+,40-,41-,42-/m1/s1. The van der Waals surface area contributed by atoms with Gasteiger partial charge in [-0.15, -0.1) is 0 Å². The maximum absolute atomic E-state index is 12.0. The van der Waals surface area contributed by atoms with Crippen LogP contribution in [0.4, 0.5) is 0 Å². The third-order valence-electron chi connectivity index (χ3n) is 16.8. The third-order valence-corrected chi connectivity index (χ3v) is 16.8. The molecule has 55 heavy (non-hydrogen) atoms. The van der Waals surface area contributed by atoms with Crippen molar-refractivity contribution in [2.24, 2.45) is 44.3 Å². The lowest BCUT2D eigenvalue weighted by Gasteiger charge is -2.70. The van der Waals surface area contributed by atoms with Gasteiger partial charge in [0.25, 0.3) is 0 Å². The molecule has 0 radical (unpaired) electrons. The van der Waals surface area contributed by atoms with Crippen molar-refractivity contribution in [3.8, 4) is 0 Å². The number of rotatable bonds is 7. The first-order valence-electron chi connectivity index (χ1n) is 20.6. The van der Waals surface area contributed by atoms with Crippen molar-refractivity contribution in [3.63, 3.8) is 0 Å². The van der Waals surface area contributed by atoms with E-state index in [1.807, 2.05) is 6.92 Å². The van der Waals surface area contributed by atoms with Crippen LogP contribution in [0.1, 0.15) is 99.8 Å². The summed E-state index contributed by atoms with van der Waals surface area (Å²) in [5.41, 5.74) is 0.374. The molecule has 0 unspecified atom stereocenters. The lowest BCUT2D eigenvalue weighted by molar-refractivity contribution is -0.368. The molecule has 314 valence electrons. The highest BCUT2D eigenvalue weighted by atomic mass is 16.7. The summed E-state index contributed by atoms with van der Waals surface area (Å²) in [5.74, 6) is 0.113. The summed E-state index contributed by atoms with van der Waals surface area (Å²) in [4.78, 5) is 0. The SMILES string of the molecule is C[C@H]1O[C@@H](O[C@H]2[C@@H](O)[C@@H](CO)O[C@@H](O[C@H]3CC[C@@]4(C)[C@@H](CC[C@]5(C)[C@@H]4C=CC4=C6CC(C)(C)CC[C@]6(CO)[C@H](O)C[C@]45C)[C@]3(C)CO)[C@@H]2O)[C@H](O)[C@@H](O)[C@@H]1O. The molecule has 0 aromatic carbocycles. The Labute approximate surface area is 325 Å². The molecule has 0 bridgehead atoms. The molecular weight excluding hydrogens is 712 g/mol. The van der Waals surface area contributed by atoms with Crippen LogP contribution >= 0.6 is 0 Å². The molecule has 2 saturated heterocycles. The molecule has 0 aromatic rings. The zero-order valence-electron chi connectivity index (χ0n) is 33.7. The number of ether oxygens (including phenoxy) is 4. The summed E-state index contributed by atoms with van der Waals surface area (Å²) in [6.07, 6.45) is -4.80. The van der Waals surface area contributed by atoms with Crippen LogP contribution < -0.4 is 0 Å². The van der Waals surface area contributed by atoms with Crippen molar-refractivity contribution >= 4 is 0 Å². The number of fused-ring (bicyclic) bond motifs is 6. The van der Waals surface area contributed by atoms with Crippen LogP contribution in [0.25, 0.3) is 0 Å². The molecular formula is C42H68O13. The molecule has 13 nitrogen and oxygen atoms in total. The number of aliphatic hydroxyl groups is 9. The van der Waals surface area contributed by atoms with Gasteiger partial charge in [0.05, 0.1) is 38.1 Å². The van der Waals surface area contributed by atoms with Gasteiger partial charge in [0.15, 0.2) is 12.6 Å². The highest BCUT2D eigenvalue weighted by molar-refractivity contribution is 5.47. The first kappa shape index (κ1) is 42.1. The summed E-state index contributed by atoms with van der Waals surface area (Å²) in [6, 6.07) is 0. The second kappa shape index (κ2) is 14.3.